The van der Waals surface area contributed by atoms with Crippen LogP contribution in [0.1, 0.15) is 34.2 Å². The molecule has 1 aliphatic rings. The SMILES string of the molecule is CCc1c(C(=O)N2CCN(c3ccccn3)CC2)c(=O)cc(C)n1Cc1ccc(OC)cc1. The molecule has 1 amide bonds. The standard InChI is InChI=1S/C26H30N4O3/c1-4-22-25(26(32)29-15-13-28(14-16-29)24-7-5-6-12-27-24)23(31)17-19(2)30(22)18-20-8-10-21(33-3)11-9-20/h5-12,17H,4,13-16,18H2,1-3H3. The highest BCUT2D eigenvalue weighted by Crippen LogP contribution is 2.19. The molecule has 0 atom stereocenters. The molecule has 0 unspecified atom stereocenters. The fourth-order valence-corrected chi connectivity index (χ4v) is 4.40. The van der Waals surface area contributed by atoms with Crippen molar-refractivity contribution in [2.75, 3.05) is 38.2 Å². The van der Waals surface area contributed by atoms with Crippen LogP contribution in [0.25, 0.3) is 0 Å². The van der Waals surface area contributed by atoms with Crippen LogP contribution in [0.2, 0.25) is 0 Å². The lowest BCUT2D eigenvalue weighted by Gasteiger charge is -2.35. The van der Waals surface area contributed by atoms with Crippen LogP contribution in [0, 0.1) is 6.92 Å². The molecule has 3 heterocycles. The minimum atomic E-state index is -0.201. The summed E-state index contributed by atoms with van der Waals surface area (Å²) in [7, 11) is 1.64. The average molecular weight is 447 g/mol. The third-order valence-corrected chi connectivity index (χ3v) is 6.22. The highest BCUT2D eigenvalue weighted by molar-refractivity contribution is 5.95. The van der Waals surface area contributed by atoms with Crippen molar-refractivity contribution in [1.29, 1.82) is 0 Å². The van der Waals surface area contributed by atoms with Crippen LogP contribution >= 0.6 is 0 Å². The number of methoxy groups -OCH3 is 1. The number of carbonyl (C=O) groups is 1. The first kappa shape index (κ1) is 22.6. The Morgan fingerprint density at radius 1 is 1.06 bits per heavy atom. The highest BCUT2D eigenvalue weighted by Gasteiger charge is 2.27. The van der Waals surface area contributed by atoms with E-state index in [4.69, 9.17) is 4.74 Å². The Labute approximate surface area is 194 Å². The smallest absolute Gasteiger partial charge is 0.259 e. The second-order valence-electron chi connectivity index (χ2n) is 8.23. The number of carbonyl (C=O) groups excluding carboxylic acids is 1. The zero-order chi connectivity index (χ0) is 23.4. The molecule has 0 aliphatic carbocycles. The van der Waals surface area contributed by atoms with Crippen molar-refractivity contribution in [2.24, 2.45) is 0 Å². The molecule has 7 nitrogen and oxygen atoms in total. The van der Waals surface area contributed by atoms with Gasteiger partial charge in [0, 0.05) is 56.4 Å². The number of piperazine rings is 1. The van der Waals surface area contributed by atoms with E-state index in [1.165, 1.54) is 0 Å². The molecule has 1 aromatic carbocycles. The fraction of sp³-hybridized carbons (Fsp3) is 0.346. The summed E-state index contributed by atoms with van der Waals surface area (Å²) in [5.74, 6) is 1.53. The minimum Gasteiger partial charge on any atom is -0.497 e. The van der Waals surface area contributed by atoms with Gasteiger partial charge in [0.1, 0.15) is 17.1 Å². The van der Waals surface area contributed by atoms with Crippen LogP contribution in [0.4, 0.5) is 5.82 Å². The third kappa shape index (κ3) is 4.77. The predicted molar refractivity (Wildman–Crippen MR) is 129 cm³/mol. The zero-order valence-electron chi connectivity index (χ0n) is 19.5. The maximum atomic E-state index is 13.5. The number of benzene rings is 1. The lowest BCUT2D eigenvalue weighted by Crippen LogP contribution is -2.50. The molecule has 0 spiro atoms. The van der Waals surface area contributed by atoms with E-state index in [0.717, 1.165) is 28.5 Å². The van der Waals surface area contributed by atoms with Crippen LogP contribution in [0.15, 0.2) is 59.5 Å². The molecule has 3 aromatic rings. The largest absolute Gasteiger partial charge is 0.497 e. The van der Waals surface area contributed by atoms with Crippen molar-refractivity contribution < 1.29 is 9.53 Å². The molecular formula is C26H30N4O3. The van der Waals surface area contributed by atoms with Gasteiger partial charge in [0.15, 0.2) is 5.43 Å². The summed E-state index contributed by atoms with van der Waals surface area (Å²) in [6.45, 7) is 7.01. The van der Waals surface area contributed by atoms with Crippen LogP contribution in [-0.4, -0.2) is 53.6 Å². The molecule has 1 fully saturated rings. The van der Waals surface area contributed by atoms with Crippen molar-refractivity contribution in [3.63, 3.8) is 0 Å². The van der Waals surface area contributed by atoms with Crippen molar-refractivity contribution in [3.8, 4) is 5.75 Å². The topological polar surface area (TPSA) is 67.7 Å². The Kier molecular flexibility index (Phi) is 6.77. The summed E-state index contributed by atoms with van der Waals surface area (Å²) in [5.41, 5.74) is 2.81. The van der Waals surface area contributed by atoms with Crippen LogP contribution in [0.3, 0.4) is 0 Å². The molecule has 1 saturated heterocycles. The van der Waals surface area contributed by atoms with Gasteiger partial charge in [-0.15, -0.1) is 0 Å². The quantitative estimate of drug-likeness (QED) is 0.582. The number of nitrogens with zero attached hydrogens (tertiary/aromatic N) is 4. The second kappa shape index (κ2) is 9.90. The molecule has 172 valence electrons. The molecule has 0 saturated carbocycles. The molecule has 0 radical (unpaired) electrons. The maximum Gasteiger partial charge on any atom is 0.259 e. The van der Waals surface area contributed by atoms with Gasteiger partial charge in [0.25, 0.3) is 5.91 Å². The number of hydrogen-bond acceptors (Lipinski definition) is 5. The summed E-state index contributed by atoms with van der Waals surface area (Å²) < 4.78 is 7.34. The van der Waals surface area contributed by atoms with E-state index < -0.39 is 0 Å². The Balaban J connectivity index is 1.58. The van der Waals surface area contributed by atoms with E-state index in [1.807, 2.05) is 56.3 Å². The van der Waals surface area contributed by atoms with E-state index in [9.17, 15) is 9.59 Å². The van der Waals surface area contributed by atoms with E-state index in [1.54, 1.807) is 24.3 Å². The number of hydrogen-bond donors (Lipinski definition) is 0. The summed E-state index contributed by atoms with van der Waals surface area (Å²) >= 11 is 0. The summed E-state index contributed by atoms with van der Waals surface area (Å²) in [4.78, 5) is 34.9. The molecule has 7 heteroatoms. The van der Waals surface area contributed by atoms with E-state index >= 15 is 0 Å². The zero-order valence-corrected chi connectivity index (χ0v) is 19.5. The molecular weight excluding hydrogens is 416 g/mol. The van der Waals surface area contributed by atoms with Crippen LogP contribution in [0.5, 0.6) is 5.75 Å². The Morgan fingerprint density at radius 3 is 2.39 bits per heavy atom. The minimum absolute atomic E-state index is 0.180. The van der Waals surface area contributed by atoms with Gasteiger partial charge in [-0.2, -0.15) is 0 Å². The third-order valence-electron chi connectivity index (χ3n) is 6.22. The molecule has 0 bridgehead atoms. The molecule has 1 aliphatic heterocycles. The number of pyridine rings is 2. The average Bonchev–Trinajstić information content (AvgIpc) is 2.86. The summed E-state index contributed by atoms with van der Waals surface area (Å²) in [6, 6.07) is 15.3. The lowest BCUT2D eigenvalue weighted by atomic mass is 10.1. The van der Waals surface area contributed by atoms with Gasteiger partial charge in [0.05, 0.1) is 7.11 Å². The lowest BCUT2D eigenvalue weighted by molar-refractivity contribution is 0.0743. The van der Waals surface area contributed by atoms with Crippen molar-refractivity contribution in [2.45, 2.75) is 26.8 Å². The number of amides is 1. The van der Waals surface area contributed by atoms with Crippen LogP contribution < -0.4 is 15.1 Å². The first-order valence-corrected chi connectivity index (χ1v) is 11.3. The normalized spacial score (nSPS) is 13.8. The van der Waals surface area contributed by atoms with Gasteiger partial charge in [-0.25, -0.2) is 4.98 Å². The van der Waals surface area contributed by atoms with E-state index in [2.05, 4.69) is 14.5 Å². The summed E-state index contributed by atoms with van der Waals surface area (Å²) in [5, 5.41) is 0. The Morgan fingerprint density at radius 2 is 1.79 bits per heavy atom. The Hall–Kier alpha value is -3.61. The van der Waals surface area contributed by atoms with Gasteiger partial charge >= 0.3 is 0 Å². The number of ether oxygens (including phenoxy) is 1. The van der Waals surface area contributed by atoms with E-state index in [0.29, 0.717) is 44.7 Å². The summed E-state index contributed by atoms with van der Waals surface area (Å²) in [6.07, 6.45) is 2.38. The molecule has 4 rings (SSSR count). The maximum absolute atomic E-state index is 13.5. The van der Waals surface area contributed by atoms with Crippen molar-refractivity contribution in [1.82, 2.24) is 14.5 Å². The monoisotopic (exact) mass is 446 g/mol. The van der Waals surface area contributed by atoms with Crippen LogP contribution in [-0.2, 0) is 13.0 Å². The fourth-order valence-electron chi connectivity index (χ4n) is 4.40. The first-order valence-electron chi connectivity index (χ1n) is 11.3. The predicted octanol–water partition coefficient (Wildman–Crippen LogP) is 3.13. The van der Waals surface area contributed by atoms with Gasteiger partial charge in [-0.3, -0.25) is 9.59 Å². The number of aromatic nitrogens is 2. The first-order chi connectivity index (χ1) is 16.0. The van der Waals surface area contributed by atoms with E-state index in [-0.39, 0.29) is 11.3 Å². The molecule has 33 heavy (non-hydrogen) atoms. The Bertz CT molecular complexity index is 1160. The number of anilines is 1. The van der Waals surface area contributed by atoms with Gasteiger partial charge < -0.3 is 19.1 Å². The molecule has 2 aromatic heterocycles. The number of aryl methyl sites for hydroxylation is 1. The van der Waals surface area contributed by atoms with Crippen molar-refractivity contribution in [3.05, 3.63) is 87.5 Å². The van der Waals surface area contributed by atoms with Crippen molar-refractivity contribution >= 4 is 11.7 Å². The molecule has 0 N–H and O–H groups in total. The van der Waals surface area contributed by atoms with Gasteiger partial charge in [-0.05, 0) is 43.2 Å². The second-order valence-corrected chi connectivity index (χ2v) is 8.23. The van der Waals surface area contributed by atoms with Gasteiger partial charge in [0.2, 0.25) is 0 Å². The van der Waals surface area contributed by atoms with Gasteiger partial charge in [-0.1, -0.05) is 25.1 Å². The number of rotatable bonds is 6. The highest BCUT2D eigenvalue weighted by atomic mass is 16.5.